The van der Waals surface area contributed by atoms with Crippen molar-refractivity contribution in [3.8, 4) is 0 Å². The Labute approximate surface area is 224 Å². The zero-order valence-corrected chi connectivity index (χ0v) is 21.7. The fraction of sp³-hybridized carbons (Fsp3) is 0.542. The minimum absolute atomic E-state index is 0.0972. The van der Waals surface area contributed by atoms with Gasteiger partial charge in [0.25, 0.3) is 5.91 Å². The Balaban J connectivity index is 1.26. The molecule has 10 nitrogen and oxygen atoms in total. The van der Waals surface area contributed by atoms with E-state index < -0.39 is 29.9 Å². The van der Waals surface area contributed by atoms with Gasteiger partial charge in [0.05, 0.1) is 11.5 Å². The molecule has 15 heteroatoms. The van der Waals surface area contributed by atoms with Gasteiger partial charge in [-0.2, -0.15) is 18.3 Å². The Kier molecular flexibility index (Phi) is 6.35. The number of halogens is 4. The van der Waals surface area contributed by atoms with Crippen LogP contribution in [-0.4, -0.2) is 49.1 Å². The van der Waals surface area contributed by atoms with Crippen LogP contribution in [0.2, 0.25) is 0 Å². The monoisotopic (exact) mass is 566 g/mol. The number of carbonyl (C=O) groups is 2. The van der Waals surface area contributed by atoms with E-state index in [9.17, 15) is 27.2 Å². The molecule has 0 aromatic carbocycles. The smallest absolute Gasteiger partial charge is 0.352 e. The average Bonchev–Trinajstić information content (AvgIpc) is 3.71. The largest absolute Gasteiger partial charge is 0.435 e. The molecule has 3 aromatic heterocycles. The van der Waals surface area contributed by atoms with Crippen molar-refractivity contribution < 1.29 is 27.2 Å². The van der Waals surface area contributed by atoms with Crippen LogP contribution in [0.3, 0.4) is 0 Å². The zero-order chi connectivity index (χ0) is 27.5. The first-order valence-corrected chi connectivity index (χ1v) is 13.6. The summed E-state index contributed by atoms with van der Waals surface area (Å²) >= 11 is 1.34. The number of thiophene rings is 1. The second-order valence-corrected chi connectivity index (χ2v) is 11.4. The Morgan fingerprint density at radius 2 is 2.00 bits per heavy atom. The van der Waals surface area contributed by atoms with Gasteiger partial charge in [0.15, 0.2) is 5.69 Å². The van der Waals surface area contributed by atoms with Gasteiger partial charge in [-0.15, -0.1) is 21.5 Å². The summed E-state index contributed by atoms with van der Waals surface area (Å²) in [6.07, 6.45) is -0.224. The van der Waals surface area contributed by atoms with Crippen LogP contribution >= 0.6 is 11.3 Å². The highest BCUT2D eigenvalue weighted by atomic mass is 32.1. The van der Waals surface area contributed by atoms with E-state index in [1.807, 2.05) is 0 Å². The van der Waals surface area contributed by atoms with Crippen molar-refractivity contribution >= 4 is 39.9 Å². The first kappa shape index (κ1) is 25.8. The highest BCUT2D eigenvalue weighted by molar-refractivity contribution is 7.17. The summed E-state index contributed by atoms with van der Waals surface area (Å²) < 4.78 is 55.7. The number of nitrogens with zero attached hydrogens (tertiary/aromatic N) is 5. The summed E-state index contributed by atoms with van der Waals surface area (Å²) in [5.41, 5.74) is 0.168. The molecule has 0 unspecified atom stereocenters. The van der Waals surface area contributed by atoms with Crippen LogP contribution in [-0.2, 0) is 30.9 Å². The molecule has 3 aromatic rings. The van der Waals surface area contributed by atoms with E-state index >= 15 is 0 Å². The van der Waals surface area contributed by atoms with Gasteiger partial charge in [-0.05, 0) is 50.0 Å². The van der Waals surface area contributed by atoms with E-state index in [-0.39, 0.29) is 30.1 Å². The Morgan fingerprint density at radius 1 is 1.23 bits per heavy atom. The molecule has 0 radical (unpaired) electrons. The van der Waals surface area contributed by atoms with Gasteiger partial charge >= 0.3 is 6.18 Å². The van der Waals surface area contributed by atoms with E-state index in [1.165, 1.54) is 24.7 Å². The molecule has 3 atom stereocenters. The van der Waals surface area contributed by atoms with Crippen LogP contribution in [0, 0.1) is 11.8 Å². The fourth-order valence-corrected chi connectivity index (χ4v) is 6.10. The van der Waals surface area contributed by atoms with Crippen molar-refractivity contribution in [3.05, 3.63) is 34.1 Å². The van der Waals surface area contributed by atoms with Crippen molar-refractivity contribution in [2.75, 3.05) is 17.2 Å². The molecular formula is C24H26F4N8O2S. The molecule has 0 saturated heterocycles. The fourth-order valence-electron chi connectivity index (χ4n) is 4.85. The summed E-state index contributed by atoms with van der Waals surface area (Å²) in [5, 5.41) is 20.6. The molecule has 2 fully saturated rings. The Morgan fingerprint density at radius 3 is 2.67 bits per heavy atom. The molecule has 0 spiro atoms. The third kappa shape index (κ3) is 5.23. The lowest BCUT2D eigenvalue weighted by atomic mass is 9.91. The summed E-state index contributed by atoms with van der Waals surface area (Å²) in [5.74, 6) is -0.585. The highest BCUT2D eigenvalue weighted by Crippen LogP contribution is 2.43. The number of carbonyl (C=O) groups excluding carboxylic acids is 2. The predicted octanol–water partition coefficient (Wildman–Crippen LogP) is 4.00. The van der Waals surface area contributed by atoms with Gasteiger partial charge in [-0.25, -0.2) is 4.39 Å². The van der Waals surface area contributed by atoms with E-state index in [2.05, 4.69) is 31.2 Å². The lowest BCUT2D eigenvalue weighted by Crippen LogP contribution is -2.29. The zero-order valence-electron chi connectivity index (χ0n) is 20.9. The first-order valence-electron chi connectivity index (χ1n) is 12.7. The molecule has 3 N–H and O–H groups in total. The lowest BCUT2D eigenvalue weighted by Gasteiger charge is -2.25. The normalized spacial score (nSPS) is 22.3. The maximum atomic E-state index is 13.5. The molecule has 3 heterocycles. The van der Waals surface area contributed by atoms with E-state index in [0.717, 1.165) is 34.0 Å². The highest BCUT2D eigenvalue weighted by Gasteiger charge is 2.44. The van der Waals surface area contributed by atoms with Crippen LogP contribution in [0.15, 0.2) is 12.4 Å². The maximum Gasteiger partial charge on any atom is 0.435 e. The second kappa shape index (κ2) is 9.61. The van der Waals surface area contributed by atoms with E-state index in [4.69, 9.17) is 0 Å². The molecule has 6 rings (SSSR count). The molecule has 3 aliphatic carbocycles. The van der Waals surface area contributed by atoms with Gasteiger partial charge in [0, 0.05) is 30.6 Å². The van der Waals surface area contributed by atoms with Crippen LogP contribution in [0.1, 0.15) is 58.2 Å². The molecule has 2 amide bonds. The minimum atomic E-state index is -4.59. The van der Waals surface area contributed by atoms with Gasteiger partial charge in [-0.1, -0.05) is 0 Å². The van der Waals surface area contributed by atoms with Crippen LogP contribution in [0.5, 0.6) is 0 Å². The SMILES string of the molecule is Cn1nc(C(F)(F)F)cc1Nc1nncn1[C@H]1CCc2sc(NC(=O)[C@H]3C[C@H]3F)c(C(=O)NCC3CC3)c2C1. The van der Waals surface area contributed by atoms with Crippen LogP contribution < -0.4 is 16.0 Å². The van der Waals surface area contributed by atoms with Crippen LogP contribution in [0.4, 0.5) is 34.3 Å². The average molecular weight is 567 g/mol. The number of rotatable bonds is 8. The number of anilines is 3. The van der Waals surface area contributed by atoms with Crippen LogP contribution in [0.25, 0.3) is 0 Å². The van der Waals surface area contributed by atoms with E-state index in [1.54, 1.807) is 4.57 Å². The minimum Gasteiger partial charge on any atom is -0.352 e. The van der Waals surface area contributed by atoms with Gasteiger partial charge in [0.2, 0.25) is 11.9 Å². The topological polar surface area (TPSA) is 119 Å². The Hall–Kier alpha value is -3.49. The van der Waals surface area contributed by atoms with Gasteiger partial charge in [0.1, 0.15) is 23.3 Å². The molecule has 2 saturated carbocycles. The number of aromatic nitrogens is 5. The van der Waals surface area contributed by atoms with Crippen molar-refractivity contribution in [3.63, 3.8) is 0 Å². The number of hydrogen-bond acceptors (Lipinski definition) is 7. The molecule has 3 aliphatic rings. The van der Waals surface area contributed by atoms with Gasteiger partial charge < -0.3 is 16.0 Å². The standard InChI is InChI=1S/C24H26F4N8O2S/c1-35-18(8-17(34-35)24(26,27)28)31-23-33-30-10-36(23)12-4-5-16-14(6-12)19(21(38)29-9-11-2-3-11)22(39-16)32-20(37)13-7-15(13)25/h8,10-13,15H,2-7,9H2,1H3,(H,29,38)(H,31,33)(H,32,37)/t12-,13-,15+/m0/s1. The maximum absolute atomic E-state index is 13.5. The molecule has 0 bridgehead atoms. The summed E-state index contributed by atoms with van der Waals surface area (Å²) in [7, 11) is 1.39. The second-order valence-electron chi connectivity index (χ2n) is 10.3. The third-order valence-corrected chi connectivity index (χ3v) is 8.58. The van der Waals surface area contributed by atoms with Crippen molar-refractivity contribution in [1.29, 1.82) is 0 Å². The van der Waals surface area contributed by atoms with E-state index in [0.29, 0.717) is 42.3 Å². The lowest BCUT2D eigenvalue weighted by molar-refractivity contribution is -0.141. The first-order chi connectivity index (χ1) is 18.6. The summed E-state index contributed by atoms with van der Waals surface area (Å²) in [6, 6.07) is 0.702. The van der Waals surface area contributed by atoms with Gasteiger partial charge in [-0.3, -0.25) is 18.8 Å². The summed E-state index contributed by atoms with van der Waals surface area (Å²) in [4.78, 5) is 26.8. The molecular weight excluding hydrogens is 540 g/mol. The predicted molar refractivity (Wildman–Crippen MR) is 134 cm³/mol. The number of alkyl halides is 4. The molecule has 39 heavy (non-hydrogen) atoms. The summed E-state index contributed by atoms with van der Waals surface area (Å²) in [6.45, 7) is 0.555. The Bertz CT molecular complexity index is 1430. The number of amides is 2. The number of nitrogens with one attached hydrogen (secondary N) is 3. The van der Waals surface area contributed by atoms with Crippen molar-refractivity contribution in [2.24, 2.45) is 18.9 Å². The molecule has 0 aliphatic heterocycles. The van der Waals surface area contributed by atoms with Crippen molar-refractivity contribution in [1.82, 2.24) is 29.9 Å². The third-order valence-electron chi connectivity index (χ3n) is 7.37. The quantitative estimate of drug-likeness (QED) is 0.355. The number of aryl methyl sites for hydroxylation is 2. The van der Waals surface area contributed by atoms with Crippen molar-refractivity contribution in [2.45, 2.75) is 56.9 Å². The molecule has 208 valence electrons. The number of fused-ring (bicyclic) bond motifs is 1. The number of hydrogen-bond donors (Lipinski definition) is 3.